The highest BCUT2D eigenvalue weighted by Gasteiger charge is 2.30. The van der Waals surface area contributed by atoms with Crippen molar-refractivity contribution >= 4 is 21.6 Å². The third-order valence-corrected chi connectivity index (χ3v) is 7.25. The molecule has 148 valence electrons. The summed E-state index contributed by atoms with van der Waals surface area (Å²) in [5.74, 6) is 0.451. The van der Waals surface area contributed by atoms with Gasteiger partial charge in [-0.05, 0) is 49.1 Å². The first-order chi connectivity index (χ1) is 13.4. The Bertz CT molecular complexity index is 972. The van der Waals surface area contributed by atoms with E-state index >= 15 is 0 Å². The van der Waals surface area contributed by atoms with Crippen LogP contribution in [0.4, 0.5) is 5.69 Å². The van der Waals surface area contributed by atoms with Crippen molar-refractivity contribution in [3.63, 3.8) is 0 Å². The number of carbonyl (C=O) groups is 1. The largest absolute Gasteiger partial charge is 0.480 e. The number of sulfonamides is 1. The number of aryl methyl sites for hydroxylation is 1. The smallest absolute Gasteiger partial charge is 0.265 e. The Hall–Kier alpha value is -2.38. The molecular weight excluding hydrogens is 376 g/mol. The van der Waals surface area contributed by atoms with Crippen LogP contribution in [-0.4, -0.2) is 37.8 Å². The fraction of sp³-hybridized carbons (Fsp3) is 0.381. The zero-order valence-electron chi connectivity index (χ0n) is 15.8. The van der Waals surface area contributed by atoms with Crippen LogP contribution in [0, 0.1) is 6.92 Å². The lowest BCUT2D eigenvalue weighted by Crippen LogP contribution is -2.35. The summed E-state index contributed by atoms with van der Waals surface area (Å²) in [6.07, 6.45) is 2.72. The number of carbonyl (C=O) groups excluding carboxylic acids is 1. The molecule has 1 fully saturated rings. The number of amides is 1. The molecule has 2 aromatic rings. The molecule has 2 aliphatic heterocycles. The molecule has 6 nitrogen and oxygen atoms in total. The maximum absolute atomic E-state index is 12.9. The van der Waals surface area contributed by atoms with Crippen molar-refractivity contribution in [3.05, 3.63) is 53.6 Å². The molecule has 0 spiro atoms. The van der Waals surface area contributed by atoms with Crippen LogP contribution in [0.1, 0.15) is 30.4 Å². The molecule has 0 bridgehead atoms. The molecule has 1 amide bonds. The van der Waals surface area contributed by atoms with Crippen molar-refractivity contribution in [2.45, 2.75) is 43.6 Å². The summed E-state index contributed by atoms with van der Waals surface area (Å²) in [7, 11) is -3.55. The summed E-state index contributed by atoms with van der Waals surface area (Å²) < 4.78 is 33.1. The Balaban J connectivity index is 1.52. The number of para-hydroxylation sites is 1. The van der Waals surface area contributed by atoms with Gasteiger partial charge in [-0.2, -0.15) is 4.31 Å². The van der Waals surface area contributed by atoms with E-state index in [4.69, 9.17) is 4.74 Å². The fourth-order valence-corrected chi connectivity index (χ4v) is 5.24. The van der Waals surface area contributed by atoms with Crippen LogP contribution in [0.5, 0.6) is 5.75 Å². The summed E-state index contributed by atoms with van der Waals surface area (Å²) in [6.45, 7) is 2.94. The lowest BCUT2D eigenvalue weighted by Gasteiger charge is -2.26. The van der Waals surface area contributed by atoms with E-state index in [1.54, 1.807) is 18.2 Å². The minimum atomic E-state index is -3.55. The molecule has 0 aromatic heterocycles. The minimum Gasteiger partial charge on any atom is -0.480 e. The number of rotatable bonds is 4. The molecule has 7 heteroatoms. The molecule has 1 saturated heterocycles. The molecule has 1 atom stereocenters. The Morgan fingerprint density at radius 3 is 2.61 bits per heavy atom. The number of hydrogen-bond acceptors (Lipinski definition) is 4. The van der Waals surface area contributed by atoms with Gasteiger partial charge in [0.25, 0.3) is 5.91 Å². The maximum atomic E-state index is 12.9. The third kappa shape index (κ3) is 3.64. The van der Waals surface area contributed by atoms with E-state index in [1.165, 1.54) is 4.31 Å². The van der Waals surface area contributed by atoms with Gasteiger partial charge in [-0.3, -0.25) is 4.79 Å². The quantitative estimate of drug-likeness (QED) is 0.856. The SMILES string of the molecule is Cc1ccc(S(=O)(=O)N2CCCCC2)cc1NC(=O)C1Cc2ccccc2O1. The second-order valence-electron chi connectivity index (χ2n) is 7.35. The van der Waals surface area contributed by atoms with E-state index in [0.29, 0.717) is 25.2 Å². The minimum absolute atomic E-state index is 0.214. The van der Waals surface area contributed by atoms with Gasteiger partial charge in [0.15, 0.2) is 6.10 Å². The normalized spacial score (nSPS) is 19.7. The highest BCUT2D eigenvalue weighted by atomic mass is 32.2. The average molecular weight is 401 g/mol. The Labute approximate surface area is 165 Å². The number of piperidine rings is 1. The molecule has 1 unspecified atom stereocenters. The molecular formula is C21H24N2O4S. The molecule has 2 aliphatic rings. The van der Waals surface area contributed by atoms with Crippen LogP contribution < -0.4 is 10.1 Å². The van der Waals surface area contributed by atoms with E-state index in [0.717, 1.165) is 36.1 Å². The fourth-order valence-electron chi connectivity index (χ4n) is 3.69. The molecule has 4 rings (SSSR count). The van der Waals surface area contributed by atoms with Crippen LogP contribution in [0.25, 0.3) is 0 Å². The lowest BCUT2D eigenvalue weighted by atomic mass is 10.1. The Kier molecular flexibility index (Phi) is 5.12. The first-order valence-corrected chi connectivity index (χ1v) is 11.1. The van der Waals surface area contributed by atoms with Gasteiger partial charge < -0.3 is 10.1 Å². The van der Waals surface area contributed by atoms with E-state index in [1.807, 2.05) is 31.2 Å². The van der Waals surface area contributed by atoms with Crippen molar-refractivity contribution in [2.75, 3.05) is 18.4 Å². The predicted molar refractivity (Wildman–Crippen MR) is 107 cm³/mol. The third-order valence-electron chi connectivity index (χ3n) is 5.36. The molecule has 1 N–H and O–H groups in total. The molecule has 2 aromatic carbocycles. The summed E-state index contributed by atoms with van der Waals surface area (Å²) in [4.78, 5) is 12.9. The molecule has 28 heavy (non-hydrogen) atoms. The zero-order chi connectivity index (χ0) is 19.7. The average Bonchev–Trinajstić information content (AvgIpc) is 3.14. The number of fused-ring (bicyclic) bond motifs is 1. The van der Waals surface area contributed by atoms with Crippen molar-refractivity contribution < 1.29 is 17.9 Å². The van der Waals surface area contributed by atoms with Crippen LogP contribution in [0.3, 0.4) is 0 Å². The summed E-state index contributed by atoms with van der Waals surface area (Å²) in [5, 5.41) is 2.86. The van der Waals surface area contributed by atoms with Gasteiger partial charge in [-0.1, -0.05) is 30.7 Å². The number of nitrogens with zero attached hydrogens (tertiary/aromatic N) is 1. The van der Waals surface area contributed by atoms with Gasteiger partial charge >= 0.3 is 0 Å². The summed E-state index contributed by atoms with van der Waals surface area (Å²) >= 11 is 0. The summed E-state index contributed by atoms with van der Waals surface area (Å²) in [6, 6.07) is 12.5. The van der Waals surface area contributed by atoms with Crippen molar-refractivity contribution in [1.82, 2.24) is 4.31 Å². The van der Waals surface area contributed by atoms with E-state index in [9.17, 15) is 13.2 Å². The van der Waals surface area contributed by atoms with Crippen LogP contribution in [0.15, 0.2) is 47.4 Å². The second-order valence-corrected chi connectivity index (χ2v) is 9.29. The van der Waals surface area contributed by atoms with Crippen molar-refractivity contribution in [2.24, 2.45) is 0 Å². The highest BCUT2D eigenvalue weighted by molar-refractivity contribution is 7.89. The molecule has 2 heterocycles. The van der Waals surface area contributed by atoms with Gasteiger partial charge in [0.1, 0.15) is 5.75 Å². The number of hydrogen-bond donors (Lipinski definition) is 1. The van der Waals surface area contributed by atoms with Crippen LogP contribution in [-0.2, 0) is 21.2 Å². The van der Waals surface area contributed by atoms with Crippen LogP contribution >= 0.6 is 0 Å². The molecule has 0 saturated carbocycles. The summed E-state index contributed by atoms with van der Waals surface area (Å²) in [5.41, 5.74) is 2.31. The van der Waals surface area contributed by atoms with E-state index < -0.39 is 16.1 Å². The van der Waals surface area contributed by atoms with Gasteiger partial charge in [-0.15, -0.1) is 0 Å². The van der Waals surface area contributed by atoms with E-state index in [-0.39, 0.29) is 10.8 Å². The number of nitrogens with one attached hydrogen (secondary N) is 1. The van der Waals surface area contributed by atoms with Gasteiger partial charge in [-0.25, -0.2) is 8.42 Å². The van der Waals surface area contributed by atoms with Gasteiger partial charge in [0.05, 0.1) is 4.90 Å². The van der Waals surface area contributed by atoms with Gasteiger partial charge in [0, 0.05) is 25.2 Å². The number of benzene rings is 2. The first-order valence-electron chi connectivity index (χ1n) is 9.61. The van der Waals surface area contributed by atoms with Crippen LogP contribution in [0.2, 0.25) is 0 Å². The zero-order valence-corrected chi connectivity index (χ0v) is 16.7. The topological polar surface area (TPSA) is 75.7 Å². The molecule has 0 radical (unpaired) electrons. The first kappa shape index (κ1) is 19.0. The maximum Gasteiger partial charge on any atom is 0.265 e. The Morgan fingerprint density at radius 1 is 1.11 bits per heavy atom. The standard InChI is InChI=1S/C21H24N2O4S/c1-15-9-10-17(28(25,26)23-11-5-2-6-12-23)14-18(15)22-21(24)20-13-16-7-3-4-8-19(16)27-20/h3-4,7-10,14,20H,2,5-6,11-13H2,1H3,(H,22,24). The lowest BCUT2D eigenvalue weighted by molar-refractivity contribution is -0.122. The number of ether oxygens (including phenoxy) is 1. The molecule has 0 aliphatic carbocycles. The highest BCUT2D eigenvalue weighted by Crippen LogP contribution is 2.30. The monoisotopic (exact) mass is 400 g/mol. The van der Waals surface area contributed by atoms with E-state index in [2.05, 4.69) is 5.32 Å². The van der Waals surface area contributed by atoms with Gasteiger partial charge in [0.2, 0.25) is 10.0 Å². The van der Waals surface area contributed by atoms with Crippen molar-refractivity contribution in [3.8, 4) is 5.75 Å². The second kappa shape index (κ2) is 7.56. The van der Waals surface area contributed by atoms with Crippen molar-refractivity contribution in [1.29, 1.82) is 0 Å². The number of anilines is 1. The Morgan fingerprint density at radius 2 is 1.86 bits per heavy atom. The predicted octanol–water partition coefficient (Wildman–Crippen LogP) is 3.11.